The van der Waals surface area contributed by atoms with Crippen LogP contribution in [-0.2, 0) is 11.5 Å². The van der Waals surface area contributed by atoms with Crippen LogP contribution in [0.25, 0.3) is 22.2 Å². The molecule has 0 radical (unpaired) electrons. The van der Waals surface area contributed by atoms with Crippen LogP contribution in [-0.4, -0.2) is 67.1 Å². The van der Waals surface area contributed by atoms with E-state index in [1.165, 1.54) is 4.90 Å². The number of nitrogens with one attached hydrogen (secondary N) is 1. The number of likely N-dealkylation sites (tertiary alicyclic amines) is 1. The lowest BCUT2D eigenvalue weighted by molar-refractivity contribution is 0.0660. The quantitative estimate of drug-likeness (QED) is 0.242. The Morgan fingerprint density at radius 1 is 1.16 bits per heavy atom. The third kappa shape index (κ3) is 6.64. The Hall–Kier alpha value is -3.04. The van der Waals surface area contributed by atoms with Crippen LogP contribution in [0.4, 0.5) is 10.5 Å². The van der Waals surface area contributed by atoms with E-state index >= 15 is 0 Å². The topological polar surface area (TPSA) is 88.9 Å². The number of carbonyl (C=O) groups is 1. The number of piperidine rings is 1. The van der Waals surface area contributed by atoms with Gasteiger partial charge in [0.1, 0.15) is 18.1 Å². The molecule has 4 rings (SSSR count). The number of amides is 1. The van der Waals surface area contributed by atoms with Crippen molar-refractivity contribution in [2.24, 2.45) is 5.41 Å². The zero-order chi connectivity index (χ0) is 26.6. The molecule has 9 heteroatoms. The van der Waals surface area contributed by atoms with E-state index < -0.39 is 14.2 Å². The van der Waals surface area contributed by atoms with Crippen LogP contribution in [0.3, 0.4) is 0 Å². The Morgan fingerprint density at radius 3 is 2.49 bits per heavy atom. The van der Waals surface area contributed by atoms with Gasteiger partial charge in [-0.25, -0.2) is 9.78 Å². The molecule has 1 aliphatic heterocycles. The van der Waals surface area contributed by atoms with E-state index in [0.717, 1.165) is 59.1 Å². The summed E-state index contributed by atoms with van der Waals surface area (Å²) in [6.07, 6.45) is 4.61. The highest BCUT2D eigenvalue weighted by atomic mass is 28.3. The summed E-state index contributed by atoms with van der Waals surface area (Å²) >= 11 is 0. The fourth-order valence-corrected chi connectivity index (χ4v) is 5.37. The minimum Gasteiger partial charge on any atom is -0.492 e. The molecule has 200 valence electrons. The van der Waals surface area contributed by atoms with E-state index in [4.69, 9.17) is 14.5 Å². The van der Waals surface area contributed by atoms with Gasteiger partial charge in [-0.3, -0.25) is 0 Å². The van der Waals surface area contributed by atoms with E-state index in [9.17, 15) is 9.90 Å². The molecule has 1 saturated heterocycles. The van der Waals surface area contributed by atoms with Crippen LogP contribution in [0, 0.1) is 5.41 Å². The lowest BCUT2D eigenvalue weighted by Crippen LogP contribution is -2.43. The number of ether oxygens (including phenoxy) is 2. The molecule has 1 fully saturated rings. The summed E-state index contributed by atoms with van der Waals surface area (Å²) in [7, 11) is 0.742. The highest BCUT2D eigenvalue weighted by Crippen LogP contribution is 2.38. The van der Waals surface area contributed by atoms with Crippen LogP contribution in [0.15, 0.2) is 42.7 Å². The van der Waals surface area contributed by atoms with Gasteiger partial charge in [0.2, 0.25) is 0 Å². The third-order valence-corrected chi connectivity index (χ3v) is 8.95. The van der Waals surface area contributed by atoms with Crippen LogP contribution < -0.4 is 10.1 Å². The molecule has 0 atom stereocenters. The fraction of sp³-hybridized carbons (Fsp3) is 0.500. The summed E-state index contributed by atoms with van der Waals surface area (Å²) in [6.45, 7) is 12.0. The molecule has 8 nitrogen and oxygen atoms in total. The summed E-state index contributed by atoms with van der Waals surface area (Å²) in [5.74, 6) is 0.792. The van der Waals surface area contributed by atoms with Crippen molar-refractivity contribution >= 4 is 30.9 Å². The Bertz CT molecular complexity index is 1210. The zero-order valence-corrected chi connectivity index (χ0v) is 23.7. The largest absolute Gasteiger partial charge is 0.492 e. The summed E-state index contributed by atoms with van der Waals surface area (Å²) in [4.78, 5) is 17.5. The first-order chi connectivity index (χ1) is 17.6. The predicted octanol–water partition coefficient (Wildman–Crippen LogP) is 6.22. The van der Waals surface area contributed by atoms with Gasteiger partial charge >= 0.3 is 6.09 Å². The van der Waals surface area contributed by atoms with Crippen molar-refractivity contribution in [2.45, 2.75) is 52.2 Å². The van der Waals surface area contributed by atoms with Crippen LogP contribution >= 0.6 is 0 Å². The highest BCUT2D eigenvalue weighted by Gasteiger charge is 2.33. The van der Waals surface area contributed by atoms with Crippen LogP contribution in [0.1, 0.15) is 19.8 Å². The lowest BCUT2D eigenvalue weighted by atomic mass is 9.81. The van der Waals surface area contributed by atoms with Gasteiger partial charge in [-0.2, -0.15) is 0 Å². The van der Waals surface area contributed by atoms with Gasteiger partial charge in [-0.05, 0) is 42.6 Å². The van der Waals surface area contributed by atoms with E-state index in [-0.39, 0.29) is 5.41 Å². The molecular formula is C28H40N4O4Si. The average Bonchev–Trinajstić information content (AvgIpc) is 3.24. The van der Waals surface area contributed by atoms with E-state index in [2.05, 4.69) is 66.9 Å². The Balaban J connectivity index is 1.61. The SMILES string of the molecule is CNc1ccc(-c2cn(COCC[Si](C)(C)C)c3nccc(OCC4(C)CCN(C(=O)O)CC4)c23)cc1. The number of rotatable bonds is 10. The second kappa shape index (κ2) is 11.1. The maximum Gasteiger partial charge on any atom is 0.407 e. The van der Waals surface area contributed by atoms with Gasteiger partial charge < -0.3 is 29.4 Å². The number of fused-ring (bicyclic) bond motifs is 1. The second-order valence-electron chi connectivity index (χ2n) is 11.6. The maximum absolute atomic E-state index is 11.3. The zero-order valence-electron chi connectivity index (χ0n) is 22.7. The average molecular weight is 525 g/mol. The molecule has 3 aromatic rings. The second-order valence-corrected chi connectivity index (χ2v) is 17.2. The first-order valence-electron chi connectivity index (χ1n) is 13.0. The number of benzene rings is 1. The summed E-state index contributed by atoms with van der Waals surface area (Å²) in [5.41, 5.74) is 3.95. The van der Waals surface area contributed by atoms with Crippen molar-refractivity contribution in [3.8, 4) is 16.9 Å². The molecular weight excluding hydrogens is 484 g/mol. The van der Waals surface area contributed by atoms with Crippen molar-refractivity contribution in [1.29, 1.82) is 0 Å². The molecule has 3 heterocycles. The van der Waals surface area contributed by atoms with Crippen molar-refractivity contribution < 1.29 is 19.4 Å². The number of pyridine rings is 1. The highest BCUT2D eigenvalue weighted by molar-refractivity contribution is 6.76. The van der Waals surface area contributed by atoms with Gasteiger partial charge in [0.15, 0.2) is 0 Å². The van der Waals surface area contributed by atoms with Gasteiger partial charge in [-0.1, -0.05) is 38.7 Å². The van der Waals surface area contributed by atoms with E-state index in [1.54, 1.807) is 6.20 Å². The van der Waals surface area contributed by atoms with Crippen molar-refractivity contribution in [3.05, 3.63) is 42.7 Å². The molecule has 2 N–H and O–H groups in total. The Labute approximate surface area is 220 Å². The monoisotopic (exact) mass is 524 g/mol. The number of aromatic nitrogens is 2. The lowest BCUT2D eigenvalue weighted by Gasteiger charge is -2.37. The maximum atomic E-state index is 11.3. The fourth-order valence-electron chi connectivity index (χ4n) is 4.62. The van der Waals surface area contributed by atoms with E-state index in [0.29, 0.717) is 26.4 Å². The minimum atomic E-state index is -1.17. The van der Waals surface area contributed by atoms with Crippen molar-refractivity contribution in [3.63, 3.8) is 0 Å². The summed E-state index contributed by atoms with van der Waals surface area (Å²) < 4.78 is 14.6. The molecule has 1 aromatic carbocycles. The standard InChI is InChI=1S/C28H40N4O4Si/c1-28(11-14-31(15-12-28)27(33)34)19-36-24-10-13-30-26-25(24)23(21-6-8-22(29-2)9-7-21)18-32(26)20-35-16-17-37(3,4)5/h6-10,13,18,29H,11-12,14-17,19-20H2,1-5H3,(H,33,34). The molecule has 0 spiro atoms. The molecule has 0 saturated carbocycles. The normalized spacial score (nSPS) is 15.6. The van der Waals surface area contributed by atoms with E-state index in [1.807, 2.05) is 13.1 Å². The first kappa shape index (κ1) is 27.0. The molecule has 1 amide bonds. The molecule has 0 bridgehead atoms. The number of nitrogens with zero attached hydrogens (tertiary/aromatic N) is 3. The first-order valence-corrected chi connectivity index (χ1v) is 16.7. The minimum absolute atomic E-state index is 0.0847. The molecule has 2 aromatic heterocycles. The number of carboxylic acid groups (broad SMARTS) is 1. The molecule has 37 heavy (non-hydrogen) atoms. The smallest absolute Gasteiger partial charge is 0.407 e. The van der Waals surface area contributed by atoms with Gasteiger partial charge in [0.05, 0.1) is 12.0 Å². The predicted molar refractivity (Wildman–Crippen MR) is 151 cm³/mol. The van der Waals surface area contributed by atoms with Gasteiger partial charge in [0.25, 0.3) is 0 Å². The third-order valence-electron chi connectivity index (χ3n) is 7.25. The number of hydrogen-bond donors (Lipinski definition) is 2. The summed E-state index contributed by atoms with van der Waals surface area (Å²) in [6, 6.07) is 11.4. The van der Waals surface area contributed by atoms with Crippen molar-refractivity contribution in [2.75, 3.05) is 38.7 Å². The van der Waals surface area contributed by atoms with Gasteiger partial charge in [0, 0.05) is 63.9 Å². The van der Waals surface area contributed by atoms with Crippen LogP contribution in [0.5, 0.6) is 5.75 Å². The van der Waals surface area contributed by atoms with Crippen LogP contribution in [0.2, 0.25) is 25.7 Å². The Kier molecular flexibility index (Phi) is 8.13. The number of hydrogen-bond acceptors (Lipinski definition) is 5. The Morgan fingerprint density at radius 2 is 1.86 bits per heavy atom. The molecule has 0 aliphatic carbocycles. The molecule has 1 aliphatic rings. The van der Waals surface area contributed by atoms with Crippen molar-refractivity contribution in [1.82, 2.24) is 14.5 Å². The van der Waals surface area contributed by atoms with Gasteiger partial charge in [-0.15, -0.1) is 0 Å². The summed E-state index contributed by atoms with van der Waals surface area (Å²) in [5, 5.41) is 13.4. The number of anilines is 1. The molecule has 0 unspecified atom stereocenters.